The predicted octanol–water partition coefficient (Wildman–Crippen LogP) is 3.03. The van der Waals surface area contributed by atoms with E-state index in [-0.39, 0.29) is 11.3 Å². The Balaban J connectivity index is 2.33. The number of aromatic carboxylic acids is 1. The summed E-state index contributed by atoms with van der Waals surface area (Å²) < 4.78 is 5.28. The molecule has 0 heterocycles. The summed E-state index contributed by atoms with van der Waals surface area (Å²) in [4.78, 5) is 10.9. The number of nitrogens with one attached hydrogen (secondary N) is 1. The molecule has 0 atom stereocenters. The summed E-state index contributed by atoms with van der Waals surface area (Å²) in [5.41, 5.74) is 8.62. The number of aryl methyl sites for hydroxylation is 1. The molecule has 0 aromatic heterocycles. The monoisotopic (exact) mass is 272 g/mol. The van der Waals surface area contributed by atoms with E-state index in [9.17, 15) is 4.79 Å². The number of hydrogen-bond acceptors (Lipinski definition) is 4. The first-order chi connectivity index (χ1) is 9.51. The van der Waals surface area contributed by atoms with Crippen molar-refractivity contribution in [3.05, 3.63) is 47.5 Å². The molecular weight excluding hydrogens is 256 g/mol. The van der Waals surface area contributed by atoms with Crippen LogP contribution in [0.3, 0.4) is 0 Å². The summed E-state index contributed by atoms with van der Waals surface area (Å²) in [6.07, 6.45) is 0. The number of nitrogens with two attached hydrogens (primary N) is 1. The van der Waals surface area contributed by atoms with Crippen LogP contribution in [0.5, 0.6) is 5.75 Å². The van der Waals surface area contributed by atoms with Crippen molar-refractivity contribution in [3.8, 4) is 5.75 Å². The van der Waals surface area contributed by atoms with Gasteiger partial charge in [0.25, 0.3) is 0 Å². The Labute approximate surface area is 117 Å². The van der Waals surface area contributed by atoms with Gasteiger partial charge in [-0.25, -0.2) is 4.79 Å². The molecule has 2 aromatic carbocycles. The van der Waals surface area contributed by atoms with Gasteiger partial charge in [0.2, 0.25) is 0 Å². The average molecular weight is 272 g/mol. The third kappa shape index (κ3) is 2.83. The van der Waals surface area contributed by atoms with Gasteiger partial charge in [0, 0.05) is 11.4 Å². The number of methoxy groups -OCH3 is 1. The highest BCUT2D eigenvalue weighted by Gasteiger charge is 2.09. The number of hydrogen-bond donors (Lipinski definition) is 3. The topological polar surface area (TPSA) is 84.6 Å². The van der Waals surface area contributed by atoms with Crippen molar-refractivity contribution in [3.63, 3.8) is 0 Å². The van der Waals surface area contributed by atoms with Crippen molar-refractivity contribution in [1.29, 1.82) is 0 Å². The number of ether oxygens (including phenoxy) is 1. The molecule has 0 aliphatic rings. The van der Waals surface area contributed by atoms with Crippen LogP contribution in [0.2, 0.25) is 0 Å². The van der Waals surface area contributed by atoms with Gasteiger partial charge in [-0.15, -0.1) is 0 Å². The molecule has 20 heavy (non-hydrogen) atoms. The fourth-order valence-electron chi connectivity index (χ4n) is 1.91. The number of carbonyl (C=O) groups is 1. The zero-order valence-corrected chi connectivity index (χ0v) is 11.3. The third-order valence-corrected chi connectivity index (χ3v) is 2.92. The average Bonchev–Trinajstić information content (AvgIpc) is 2.38. The second kappa shape index (κ2) is 5.52. The van der Waals surface area contributed by atoms with E-state index in [0.29, 0.717) is 11.4 Å². The molecule has 0 saturated heterocycles. The van der Waals surface area contributed by atoms with Crippen molar-refractivity contribution >= 4 is 23.0 Å². The summed E-state index contributed by atoms with van der Waals surface area (Å²) in [7, 11) is 1.59. The van der Waals surface area contributed by atoms with Crippen LogP contribution in [0.15, 0.2) is 36.4 Å². The maximum Gasteiger partial charge on any atom is 0.337 e. The molecule has 0 radical (unpaired) electrons. The van der Waals surface area contributed by atoms with Gasteiger partial charge in [0.15, 0.2) is 0 Å². The van der Waals surface area contributed by atoms with Gasteiger partial charge in [0.05, 0.1) is 18.4 Å². The van der Waals surface area contributed by atoms with Gasteiger partial charge < -0.3 is 20.9 Å². The molecule has 0 unspecified atom stereocenters. The van der Waals surface area contributed by atoms with E-state index in [1.54, 1.807) is 19.2 Å². The molecule has 0 amide bonds. The second-order valence-corrected chi connectivity index (χ2v) is 4.44. The largest absolute Gasteiger partial charge is 0.495 e. The minimum atomic E-state index is -1.04. The van der Waals surface area contributed by atoms with Gasteiger partial charge >= 0.3 is 5.97 Å². The highest BCUT2D eigenvalue weighted by molar-refractivity contribution is 5.94. The maximum absolute atomic E-state index is 10.9. The van der Waals surface area contributed by atoms with Crippen molar-refractivity contribution < 1.29 is 14.6 Å². The summed E-state index contributed by atoms with van der Waals surface area (Å²) in [5.74, 6) is -0.335. The van der Waals surface area contributed by atoms with Crippen LogP contribution >= 0.6 is 0 Å². The molecule has 104 valence electrons. The fourth-order valence-corrected chi connectivity index (χ4v) is 1.91. The van der Waals surface area contributed by atoms with Gasteiger partial charge in [-0.3, -0.25) is 0 Å². The molecule has 0 aliphatic carbocycles. The molecule has 0 spiro atoms. The lowest BCUT2D eigenvalue weighted by Gasteiger charge is -2.13. The molecule has 0 bridgehead atoms. The fraction of sp³-hybridized carbons (Fsp3) is 0.133. The zero-order chi connectivity index (χ0) is 14.7. The SMILES string of the molecule is COc1ccc(C)cc1Nc1ccc(C(=O)O)c(N)c1. The van der Waals surface area contributed by atoms with Gasteiger partial charge in [-0.2, -0.15) is 0 Å². The van der Waals surface area contributed by atoms with Crippen molar-refractivity contribution in [1.82, 2.24) is 0 Å². The molecule has 0 fully saturated rings. The third-order valence-electron chi connectivity index (χ3n) is 2.92. The van der Waals surface area contributed by atoms with Crippen LogP contribution in [0, 0.1) is 6.92 Å². The van der Waals surface area contributed by atoms with Crippen molar-refractivity contribution in [2.45, 2.75) is 6.92 Å². The van der Waals surface area contributed by atoms with Crippen molar-refractivity contribution in [2.75, 3.05) is 18.2 Å². The predicted molar refractivity (Wildman–Crippen MR) is 78.8 cm³/mol. The summed E-state index contributed by atoms with van der Waals surface area (Å²) in [5, 5.41) is 12.1. The number of carboxylic acids is 1. The van der Waals surface area contributed by atoms with E-state index >= 15 is 0 Å². The Kier molecular flexibility index (Phi) is 3.79. The first kappa shape index (κ1) is 13.7. The Hall–Kier alpha value is -2.69. The van der Waals surface area contributed by atoms with E-state index in [0.717, 1.165) is 11.3 Å². The van der Waals surface area contributed by atoms with E-state index in [4.69, 9.17) is 15.6 Å². The number of nitrogen functional groups attached to an aromatic ring is 1. The van der Waals surface area contributed by atoms with Crippen LogP contribution < -0.4 is 15.8 Å². The highest BCUT2D eigenvalue weighted by atomic mass is 16.5. The van der Waals surface area contributed by atoms with Crippen molar-refractivity contribution in [2.24, 2.45) is 0 Å². The molecular formula is C15H16N2O3. The molecule has 0 saturated carbocycles. The Morgan fingerprint density at radius 1 is 1.25 bits per heavy atom. The van der Waals surface area contributed by atoms with E-state index in [2.05, 4.69) is 5.32 Å². The van der Waals surface area contributed by atoms with Gasteiger partial charge in [-0.05, 0) is 42.8 Å². The van der Waals surface area contributed by atoms with E-state index < -0.39 is 5.97 Å². The van der Waals surface area contributed by atoms with Gasteiger partial charge in [0.1, 0.15) is 5.75 Å². The minimum absolute atomic E-state index is 0.0896. The highest BCUT2D eigenvalue weighted by Crippen LogP contribution is 2.29. The van der Waals surface area contributed by atoms with E-state index in [1.807, 2.05) is 25.1 Å². The summed E-state index contributed by atoms with van der Waals surface area (Å²) in [6, 6.07) is 10.5. The van der Waals surface area contributed by atoms with Crippen LogP contribution in [0.1, 0.15) is 15.9 Å². The molecule has 5 nitrogen and oxygen atoms in total. The first-order valence-corrected chi connectivity index (χ1v) is 6.05. The maximum atomic E-state index is 10.9. The number of benzene rings is 2. The van der Waals surface area contributed by atoms with E-state index in [1.165, 1.54) is 6.07 Å². The molecule has 2 aromatic rings. The standard InChI is InChI=1S/C15H16N2O3/c1-9-3-6-14(20-2)13(7-9)17-10-4-5-11(15(18)19)12(16)8-10/h3-8,17H,16H2,1-2H3,(H,18,19). The molecule has 2 rings (SSSR count). The smallest absolute Gasteiger partial charge is 0.337 e. The summed E-state index contributed by atoms with van der Waals surface area (Å²) in [6.45, 7) is 1.98. The molecule has 4 N–H and O–H groups in total. The number of rotatable bonds is 4. The van der Waals surface area contributed by atoms with Gasteiger partial charge in [-0.1, -0.05) is 6.07 Å². The van der Waals surface area contributed by atoms with Crippen LogP contribution in [0.25, 0.3) is 0 Å². The Bertz CT molecular complexity index is 654. The lowest BCUT2D eigenvalue weighted by Crippen LogP contribution is -2.03. The number of carboxylic acid groups (broad SMARTS) is 1. The first-order valence-electron chi connectivity index (χ1n) is 6.05. The lowest BCUT2D eigenvalue weighted by molar-refractivity contribution is 0.0698. The quantitative estimate of drug-likeness (QED) is 0.745. The second-order valence-electron chi connectivity index (χ2n) is 4.44. The van der Waals surface area contributed by atoms with Crippen LogP contribution in [0.4, 0.5) is 17.1 Å². The molecule has 0 aliphatic heterocycles. The molecule has 5 heteroatoms. The summed E-state index contributed by atoms with van der Waals surface area (Å²) >= 11 is 0. The zero-order valence-electron chi connectivity index (χ0n) is 11.3. The Morgan fingerprint density at radius 3 is 2.60 bits per heavy atom. The normalized spacial score (nSPS) is 10.1. The van der Waals surface area contributed by atoms with Crippen LogP contribution in [-0.4, -0.2) is 18.2 Å². The Morgan fingerprint density at radius 2 is 2.00 bits per heavy atom. The number of anilines is 3. The minimum Gasteiger partial charge on any atom is -0.495 e. The lowest BCUT2D eigenvalue weighted by atomic mass is 10.1. The van der Waals surface area contributed by atoms with Crippen LogP contribution in [-0.2, 0) is 0 Å².